The van der Waals surface area contributed by atoms with Crippen molar-refractivity contribution in [3.05, 3.63) is 28.9 Å². The average molecular weight is 225 g/mol. The minimum absolute atomic E-state index is 0.0151. The maximum atomic E-state index is 11.4. The first kappa shape index (κ1) is 12.4. The van der Waals surface area contributed by atoms with Gasteiger partial charge in [-0.15, -0.1) is 0 Å². The van der Waals surface area contributed by atoms with Crippen molar-refractivity contribution < 1.29 is 9.53 Å². The standard InChI is InChI=1S/C10H15N3O3/c1-2-16-7-5-11-9(14)8-13-6-3-4-12-10(13)15/h3-4,6H,2,5,7-8H2,1H3,(H,11,14). The predicted molar refractivity (Wildman–Crippen MR) is 58.0 cm³/mol. The van der Waals surface area contributed by atoms with Crippen LogP contribution in [0.5, 0.6) is 0 Å². The van der Waals surface area contributed by atoms with E-state index in [0.29, 0.717) is 19.8 Å². The Balaban J connectivity index is 2.35. The van der Waals surface area contributed by atoms with Gasteiger partial charge in [0, 0.05) is 25.5 Å². The second-order valence-electron chi connectivity index (χ2n) is 3.08. The Kier molecular flexibility index (Phi) is 5.21. The summed E-state index contributed by atoms with van der Waals surface area (Å²) in [6, 6.07) is 1.61. The van der Waals surface area contributed by atoms with Crippen LogP contribution in [0.25, 0.3) is 0 Å². The highest BCUT2D eigenvalue weighted by molar-refractivity contribution is 5.75. The molecule has 0 aromatic carbocycles. The molecule has 6 heteroatoms. The maximum Gasteiger partial charge on any atom is 0.347 e. The van der Waals surface area contributed by atoms with Crippen LogP contribution in [-0.4, -0.2) is 35.2 Å². The molecule has 1 N–H and O–H groups in total. The number of hydrogen-bond donors (Lipinski definition) is 1. The van der Waals surface area contributed by atoms with Gasteiger partial charge < -0.3 is 10.1 Å². The lowest BCUT2D eigenvalue weighted by atomic mass is 10.5. The van der Waals surface area contributed by atoms with Crippen molar-refractivity contribution in [1.29, 1.82) is 0 Å². The summed E-state index contributed by atoms with van der Waals surface area (Å²) in [7, 11) is 0. The van der Waals surface area contributed by atoms with E-state index in [0.717, 1.165) is 0 Å². The third kappa shape index (κ3) is 4.22. The molecular formula is C10H15N3O3. The topological polar surface area (TPSA) is 73.2 Å². The summed E-state index contributed by atoms with van der Waals surface area (Å²) in [6.45, 7) is 3.42. The molecule has 0 bridgehead atoms. The lowest BCUT2D eigenvalue weighted by Crippen LogP contribution is -2.34. The minimum Gasteiger partial charge on any atom is -0.380 e. The van der Waals surface area contributed by atoms with E-state index in [9.17, 15) is 9.59 Å². The van der Waals surface area contributed by atoms with Gasteiger partial charge in [0.15, 0.2) is 0 Å². The molecule has 1 aromatic heterocycles. The van der Waals surface area contributed by atoms with E-state index in [1.165, 1.54) is 17.0 Å². The molecular weight excluding hydrogens is 210 g/mol. The van der Waals surface area contributed by atoms with Crippen LogP contribution in [-0.2, 0) is 16.1 Å². The molecule has 6 nitrogen and oxygen atoms in total. The van der Waals surface area contributed by atoms with E-state index >= 15 is 0 Å². The highest BCUT2D eigenvalue weighted by Crippen LogP contribution is 1.80. The number of amides is 1. The molecule has 1 rings (SSSR count). The van der Waals surface area contributed by atoms with Crippen LogP contribution in [0.4, 0.5) is 0 Å². The quantitative estimate of drug-likeness (QED) is 0.656. The molecule has 0 fully saturated rings. The minimum atomic E-state index is -0.428. The SMILES string of the molecule is CCOCCNC(=O)Cn1cccnc1=O. The Bertz CT molecular complexity index is 389. The molecule has 16 heavy (non-hydrogen) atoms. The highest BCUT2D eigenvalue weighted by atomic mass is 16.5. The lowest BCUT2D eigenvalue weighted by Gasteiger charge is -2.06. The smallest absolute Gasteiger partial charge is 0.347 e. The van der Waals surface area contributed by atoms with Crippen molar-refractivity contribution in [1.82, 2.24) is 14.9 Å². The molecule has 0 saturated carbocycles. The van der Waals surface area contributed by atoms with Gasteiger partial charge in [-0.2, -0.15) is 0 Å². The molecule has 0 spiro atoms. The molecule has 0 radical (unpaired) electrons. The van der Waals surface area contributed by atoms with Crippen molar-refractivity contribution in [2.75, 3.05) is 19.8 Å². The molecule has 0 saturated heterocycles. The molecule has 0 aliphatic carbocycles. The summed E-state index contributed by atoms with van der Waals surface area (Å²) < 4.78 is 6.31. The fourth-order valence-electron chi connectivity index (χ4n) is 1.13. The van der Waals surface area contributed by atoms with Gasteiger partial charge in [0.1, 0.15) is 6.54 Å². The molecule has 0 atom stereocenters. The molecule has 1 amide bonds. The van der Waals surface area contributed by atoms with Gasteiger partial charge >= 0.3 is 5.69 Å². The summed E-state index contributed by atoms with van der Waals surface area (Å²) in [5.74, 6) is -0.227. The highest BCUT2D eigenvalue weighted by Gasteiger charge is 2.02. The van der Waals surface area contributed by atoms with E-state index in [2.05, 4.69) is 10.3 Å². The Morgan fingerprint density at radius 3 is 3.12 bits per heavy atom. The van der Waals surface area contributed by atoms with Crippen LogP contribution in [0.15, 0.2) is 23.3 Å². The summed E-state index contributed by atoms with van der Waals surface area (Å²) in [6.07, 6.45) is 2.92. The molecule has 88 valence electrons. The first-order chi connectivity index (χ1) is 7.74. The first-order valence-corrected chi connectivity index (χ1v) is 5.10. The van der Waals surface area contributed by atoms with Crippen LogP contribution >= 0.6 is 0 Å². The van der Waals surface area contributed by atoms with Gasteiger partial charge in [0.05, 0.1) is 6.61 Å². The zero-order valence-electron chi connectivity index (χ0n) is 9.18. The normalized spacial score (nSPS) is 10.1. The van der Waals surface area contributed by atoms with Crippen molar-refractivity contribution >= 4 is 5.91 Å². The number of hydrogen-bond acceptors (Lipinski definition) is 4. The number of carbonyl (C=O) groups is 1. The van der Waals surface area contributed by atoms with E-state index in [1.54, 1.807) is 6.07 Å². The Hall–Kier alpha value is -1.69. The zero-order valence-corrected chi connectivity index (χ0v) is 9.18. The molecule has 1 heterocycles. The van der Waals surface area contributed by atoms with Crippen molar-refractivity contribution in [2.24, 2.45) is 0 Å². The molecule has 0 unspecified atom stereocenters. The first-order valence-electron chi connectivity index (χ1n) is 5.10. The van der Waals surface area contributed by atoms with E-state index in [4.69, 9.17) is 4.74 Å². The maximum absolute atomic E-state index is 11.4. The van der Waals surface area contributed by atoms with Crippen LogP contribution in [0.2, 0.25) is 0 Å². The molecule has 1 aromatic rings. The van der Waals surface area contributed by atoms with E-state index in [-0.39, 0.29) is 12.5 Å². The number of aromatic nitrogens is 2. The van der Waals surface area contributed by atoms with Crippen LogP contribution in [0.3, 0.4) is 0 Å². The Morgan fingerprint density at radius 2 is 2.44 bits per heavy atom. The summed E-state index contributed by atoms with van der Waals surface area (Å²) in [4.78, 5) is 26.1. The fraction of sp³-hybridized carbons (Fsp3) is 0.500. The fourth-order valence-corrected chi connectivity index (χ4v) is 1.13. The lowest BCUT2D eigenvalue weighted by molar-refractivity contribution is -0.121. The third-order valence-electron chi connectivity index (χ3n) is 1.87. The third-order valence-corrected chi connectivity index (χ3v) is 1.87. The van der Waals surface area contributed by atoms with Crippen LogP contribution in [0, 0.1) is 0 Å². The largest absolute Gasteiger partial charge is 0.380 e. The van der Waals surface area contributed by atoms with Crippen molar-refractivity contribution in [2.45, 2.75) is 13.5 Å². The Labute approximate surface area is 93.3 Å². The van der Waals surface area contributed by atoms with Gasteiger partial charge in [-0.25, -0.2) is 9.78 Å². The summed E-state index contributed by atoms with van der Waals surface area (Å²) in [5.41, 5.74) is -0.428. The number of nitrogens with one attached hydrogen (secondary N) is 1. The van der Waals surface area contributed by atoms with E-state index in [1.807, 2.05) is 6.92 Å². The van der Waals surface area contributed by atoms with Crippen molar-refractivity contribution in [3.63, 3.8) is 0 Å². The second kappa shape index (κ2) is 6.73. The number of nitrogens with zero attached hydrogens (tertiary/aromatic N) is 2. The summed E-state index contributed by atoms with van der Waals surface area (Å²) in [5, 5.41) is 2.64. The van der Waals surface area contributed by atoms with Crippen molar-refractivity contribution in [3.8, 4) is 0 Å². The van der Waals surface area contributed by atoms with Gasteiger partial charge in [0.25, 0.3) is 0 Å². The van der Waals surface area contributed by atoms with E-state index < -0.39 is 5.69 Å². The predicted octanol–water partition coefficient (Wildman–Crippen LogP) is -0.604. The van der Waals surface area contributed by atoms with Gasteiger partial charge in [-0.05, 0) is 13.0 Å². The van der Waals surface area contributed by atoms with Crippen LogP contribution in [0.1, 0.15) is 6.92 Å². The number of rotatable bonds is 6. The second-order valence-corrected chi connectivity index (χ2v) is 3.08. The van der Waals surface area contributed by atoms with Gasteiger partial charge in [-0.3, -0.25) is 9.36 Å². The van der Waals surface area contributed by atoms with Crippen LogP contribution < -0.4 is 11.0 Å². The number of ether oxygens (including phenoxy) is 1. The summed E-state index contributed by atoms with van der Waals surface area (Å²) >= 11 is 0. The Morgan fingerprint density at radius 1 is 1.62 bits per heavy atom. The zero-order chi connectivity index (χ0) is 11.8. The average Bonchev–Trinajstić information content (AvgIpc) is 2.28. The number of carbonyl (C=O) groups excluding carboxylic acids is 1. The molecule has 0 aliphatic heterocycles. The monoisotopic (exact) mass is 225 g/mol. The van der Waals surface area contributed by atoms with Gasteiger partial charge in [0.2, 0.25) is 5.91 Å². The van der Waals surface area contributed by atoms with Gasteiger partial charge in [-0.1, -0.05) is 0 Å². The molecule has 0 aliphatic rings.